The molecule has 2 nitrogen and oxygen atoms in total. The second-order valence-corrected chi connectivity index (χ2v) is 14.1. The zero-order valence-electron chi connectivity index (χ0n) is 29.5. The second-order valence-electron chi connectivity index (χ2n) is 14.1. The lowest BCUT2D eigenvalue weighted by Gasteiger charge is -2.28. The molecule has 0 bridgehead atoms. The molecule has 0 unspecified atom stereocenters. The minimum atomic E-state index is 1.11. The topological polar surface area (TPSA) is 8.17 Å². The first-order valence-electron chi connectivity index (χ1n) is 18.6. The lowest BCUT2D eigenvalue weighted by molar-refractivity contribution is 1.18. The third-order valence-corrected chi connectivity index (χ3v) is 11.1. The number of hydrogen-bond acceptors (Lipinski definition) is 1. The van der Waals surface area contributed by atoms with E-state index in [1.165, 1.54) is 76.0 Å². The zero-order chi connectivity index (χ0) is 35.6. The lowest BCUT2D eigenvalue weighted by atomic mass is 9.96. The van der Waals surface area contributed by atoms with Gasteiger partial charge in [0, 0.05) is 33.2 Å². The predicted octanol–water partition coefficient (Wildman–Crippen LogP) is 14.5. The van der Waals surface area contributed by atoms with E-state index in [0.717, 1.165) is 22.7 Å². The van der Waals surface area contributed by atoms with Crippen LogP contribution in [0.3, 0.4) is 0 Å². The fourth-order valence-corrected chi connectivity index (χ4v) is 8.70. The van der Waals surface area contributed by atoms with E-state index in [-0.39, 0.29) is 0 Å². The zero-order valence-corrected chi connectivity index (χ0v) is 29.5. The number of para-hydroxylation sites is 1. The van der Waals surface area contributed by atoms with Gasteiger partial charge in [0.2, 0.25) is 0 Å². The van der Waals surface area contributed by atoms with Gasteiger partial charge in [0.1, 0.15) is 0 Å². The maximum absolute atomic E-state index is 2.45. The van der Waals surface area contributed by atoms with Crippen molar-refractivity contribution in [2.75, 3.05) is 4.90 Å². The predicted molar refractivity (Wildman–Crippen MR) is 231 cm³/mol. The largest absolute Gasteiger partial charge is 0.310 e. The summed E-state index contributed by atoms with van der Waals surface area (Å²) in [4.78, 5) is 2.45. The molecule has 1 aromatic heterocycles. The third kappa shape index (κ3) is 4.74. The van der Waals surface area contributed by atoms with Gasteiger partial charge >= 0.3 is 0 Å². The molecule has 0 aliphatic heterocycles. The number of hydrogen-bond donors (Lipinski definition) is 0. The molecule has 0 radical (unpaired) electrons. The number of fused-ring (bicyclic) bond motifs is 9. The van der Waals surface area contributed by atoms with Gasteiger partial charge in [-0.3, -0.25) is 0 Å². The summed E-state index contributed by atoms with van der Waals surface area (Å²) in [5.74, 6) is 0. The number of benzene rings is 10. The van der Waals surface area contributed by atoms with Crippen molar-refractivity contribution in [2.45, 2.75) is 0 Å². The first kappa shape index (κ1) is 30.5. The van der Waals surface area contributed by atoms with Crippen molar-refractivity contribution in [3.8, 4) is 16.8 Å². The molecular weight excluding hydrogens is 653 g/mol. The highest BCUT2D eigenvalue weighted by atomic mass is 15.1. The van der Waals surface area contributed by atoms with Crippen LogP contribution in [0.25, 0.3) is 81.7 Å². The third-order valence-electron chi connectivity index (χ3n) is 11.1. The van der Waals surface area contributed by atoms with E-state index in [2.05, 4.69) is 216 Å². The van der Waals surface area contributed by atoms with E-state index in [1.54, 1.807) is 0 Å². The Morgan fingerprint density at radius 2 is 0.963 bits per heavy atom. The molecule has 0 spiro atoms. The monoisotopic (exact) mass is 686 g/mol. The Morgan fingerprint density at radius 3 is 1.81 bits per heavy atom. The normalized spacial score (nSPS) is 11.7. The van der Waals surface area contributed by atoms with E-state index < -0.39 is 0 Å². The minimum absolute atomic E-state index is 1.11. The van der Waals surface area contributed by atoms with Gasteiger partial charge in [-0.2, -0.15) is 0 Å². The number of anilines is 3. The van der Waals surface area contributed by atoms with Crippen LogP contribution in [0.15, 0.2) is 206 Å². The van der Waals surface area contributed by atoms with E-state index in [4.69, 9.17) is 0 Å². The lowest BCUT2D eigenvalue weighted by Crippen LogP contribution is -2.11. The highest BCUT2D eigenvalue weighted by Crippen LogP contribution is 2.46. The standard InChI is InChI=1S/C52H34N2/c1-2-19-40(20-3-1)54-48-27-13-26-45(52(48)51-44-23-9-6-15-36(44)29-31-49(51)54)38-18-12-21-41(33-38)53(42-30-28-35-14-4-5-16-37(35)32-42)50-34-39-17-7-8-22-43(39)46-24-10-11-25-47(46)50/h1-34H. The fourth-order valence-electron chi connectivity index (χ4n) is 8.70. The number of aromatic nitrogens is 1. The van der Waals surface area contributed by atoms with Crippen LogP contribution >= 0.6 is 0 Å². The van der Waals surface area contributed by atoms with Gasteiger partial charge in [-0.05, 0) is 103 Å². The van der Waals surface area contributed by atoms with E-state index >= 15 is 0 Å². The Bertz CT molecular complexity index is 3230. The summed E-state index contributed by atoms with van der Waals surface area (Å²) in [6.07, 6.45) is 0. The first-order chi connectivity index (χ1) is 26.8. The van der Waals surface area contributed by atoms with Crippen LogP contribution in [0.4, 0.5) is 17.1 Å². The quantitative estimate of drug-likeness (QED) is 0.164. The molecule has 54 heavy (non-hydrogen) atoms. The molecule has 0 N–H and O–H groups in total. The van der Waals surface area contributed by atoms with Crippen LogP contribution in [-0.2, 0) is 0 Å². The van der Waals surface area contributed by atoms with E-state index in [9.17, 15) is 0 Å². The van der Waals surface area contributed by atoms with Gasteiger partial charge in [-0.15, -0.1) is 0 Å². The molecular formula is C52H34N2. The van der Waals surface area contributed by atoms with Crippen molar-refractivity contribution in [3.63, 3.8) is 0 Å². The second kappa shape index (κ2) is 12.2. The molecule has 0 fully saturated rings. The SMILES string of the molecule is c1ccc(-n2c3cccc(-c4cccc(N(c5ccc6ccccc6c5)c5cc6ccccc6c6ccccc56)c4)c3c3c4ccccc4ccc32)cc1. The number of rotatable bonds is 5. The summed E-state index contributed by atoms with van der Waals surface area (Å²) in [5.41, 5.74) is 9.33. The molecule has 0 saturated carbocycles. The number of nitrogens with zero attached hydrogens (tertiary/aromatic N) is 2. The summed E-state index contributed by atoms with van der Waals surface area (Å²) in [6.45, 7) is 0. The van der Waals surface area contributed by atoms with Crippen molar-refractivity contribution in [3.05, 3.63) is 206 Å². The Morgan fingerprint density at radius 1 is 0.333 bits per heavy atom. The Labute approximate surface area is 313 Å². The maximum Gasteiger partial charge on any atom is 0.0547 e. The molecule has 11 rings (SSSR count). The van der Waals surface area contributed by atoms with Crippen LogP contribution in [0.5, 0.6) is 0 Å². The molecule has 2 heteroatoms. The van der Waals surface area contributed by atoms with Crippen LogP contribution in [0, 0.1) is 0 Å². The first-order valence-corrected chi connectivity index (χ1v) is 18.6. The molecule has 0 amide bonds. The van der Waals surface area contributed by atoms with Gasteiger partial charge in [-0.25, -0.2) is 0 Å². The summed E-state index contributed by atoms with van der Waals surface area (Å²) >= 11 is 0. The van der Waals surface area contributed by atoms with E-state index in [1.807, 2.05) is 0 Å². The van der Waals surface area contributed by atoms with Gasteiger partial charge in [0.25, 0.3) is 0 Å². The summed E-state index contributed by atoms with van der Waals surface area (Å²) in [7, 11) is 0. The van der Waals surface area contributed by atoms with Gasteiger partial charge in [0.05, 0.1) is 16.7 Å². The Hall–Kier alpha value is -7.16. The highest BCUT2D eigenvalue weighted by molar-refractivity contribution is 6.25. The van der Waals surface area contributed by atoms with Crippen LogP contribution in [-0.4, -0.2) is 4.57 Å². The average molecular weight is 687 g/mol. The van der Waals surface area contributed by atoms with Gasteiger partial charge in [-0.1, -0.05) is 152 Å². The maximum atomic E-state index is 2.45. The van der Waals surface area contributed by atoms with Crippen molar-refractivity contribution in [2.24, 2.45) is 0 Å². The van der Waals surface area contributed by atoms with Gasteiger partial charge in [0.15, 0.2) is 0 Å². The molecule has 0 aliphatic rings. The van der Waals surface area contributed by atoms with Gasteiger partial charge < -0.3 is 9.47 Å². The molecule has 11 aromatic rings. The summed E-state index contributed by atoms with van der Waals surface area (Å²) in [5, 5.41) is 12.4. The van der Waals surface area contributed by atoms with Crippen molar-refractivity contribution in [1.29, 1.82) is 0 Å². The fraction of sp³-hybridized carbons (Fsp3) is 0. The van der Waals surface area contributed by atoms with Crippen LogP contribution in [0.2, 0.25) is 0 Å². The van der Waals surface area contributed by atoms with Crippen molar-refractivity contribution >= 4 is 82.0 Å². The molecule has 1 heterocycles. The molecule has 252 valence electrons. The molecule has 10 aromatic carbocycles. The molecule has 0 atom stereocenters. The minimum Gasteiger partial charge on any atom is -0.310 e. The van der Waals surface area contributed by atoms with Crippen molar-refractivity contribution < 1.29 is 0 Å². The van der Waals surface area contributed by atoms with Crippen molar-refractivity contribution in [1.82, 2.24) is 4.57 Å². The smallest absolute Gasteiger partial charge is 0.0547 e. The molecule has 0 aliphatic carbocycles. The summed E-state index contributed by atoms with van der Waals surface area (Å²) < 4.78 is 2.42. The Kier molecular flexibility index (Phi) is 6.90. The summed E-state index contributed by atoms with van der Waals surface area (Å²) in [6, 6.07) is 75.4. The van der Waals surface area contributed by atoms with Crippen LogP contribution < -0.4 is 4.90 Å². The highest BCUT2D eigenvalue weighted by Gasteiger charge is 2.21. The molecule has 0 saturated heterocycles. The van der Waals surface area contributed by atoms with E-state index in [0.29, 0.717) is 0 Å². The van der Waals surface area contributed by atoms with Crippen LogP contribution in [0.1, 0.15) is 0 Å². The average Bonchev–Trinajstić information content (AvgIpc) is 3.59. The Balaban J connectivity index is 1.20.